The molecule has 0 saturated carbocycles. The molecule has 2 fully saturated rings. The van der Waals surface area contributed by atoms with E-state index in [-0.39, 0.29) is 89.3 Å². The van der Waals surface area contributed by atoms with Crippen LogP contribution in [0.25, 0.3) is 0 Å². The van der Waals surface area contributed by atoms with Crippen LogP contribution < -0.4 is 5.32 Å². The Hall–Kier alpha value is -2.37. The number of halogens is 2. The zero-order valence-electron chi connectivity index (χ0n) is 38.9. The van der Waals surface area contributed by atoms with Crippen LogP contribution in [0.1, 0.15) is 191 Å². The SMILES string of the molecule is CCC(=O)CC1CCCCN(C(C)=O)CCCCC(CCC(=O)OC(C)(C)C)C1=O.CCC(=O)CC1CCCCNCCCCC(CCC(=O)OC(C)(C)C)C1=O.ClCCl. The quantitative estimate of drug-likeness (QED) is 0.148. The Bertz CT molecular complexity index is 1290. The van der Waals surface area contributed by atoms with Gasteiger partial charge >= 0.3 is 11.9 Å². The van der Waals surface area contributed by atoms with Crippen LogP contribution in [0.4, 0.5) is 0 Å². The third kappa shape index (κ3) is 29.0. The lowest BCUT2D eigenvalue weighted by molar-refractivity contribution is -0.156. The first-order chi connectivity index (χ1) is 28.2. The molecule has 0 aliphatic carbocycles. The molecule has 0 aromatic heterocycles. The van der Waals surface area contributed by atoms with Crippen LogP contribution in [0.2, 0.25) is 0 Å². The summed E-state index contributed by atoms with van der Waals surface area (Å²) in [6.45, 7) is 19.7. The van der Waals surface area contributed by atoms with Crippen LogP contribution in [0.5, 0.6) is 0 Å². The van der Waals surface area contributed by atoms with Crippen molar-refractivity contribution in [2.75, 3.05) is 31.5 Å². The fourth-order valence-corrected chi connectivity index (χ4v) is 7.64. The van der Waals surface area contributed by atoms with Gasteiger partial charge in [0.1, 0.15) is 34.3 Å². The molecule has 0 spiro atoms. The Kier molecular flexibility index (Phi) is 31.0. The van der Waals surface area contributed by atoms with Gasteiger partial charge in [0.25, 0.3) is 0 Å². The standard InChI is InChI=1S/C24H41NO5.C22H39NO4.CH2Cl2/c1-6-21(27)17-20-12-8-10-16-25(18(2)26)15-9-7-11-19(23(20)29)13-14-22(28)30-24(3,4)5;1-5-19(24)16-18-11-7-9-15-23-14-8-6-10-17(21(18)26)12-13-20(25)27-22(2,3)4;2-1-3/h19-20H,6-17H2,1-5H3;17-18,23H,5-16H2,1-4H3;1H2. The Labute approximate surface area is 373 Å². The second-order valence-electron chi connectivity index (χ2n) is 18.4. The number of carbonyl (C=O) groups excluding carboxylic acids is 7. The number of nitrogens with one attached hydrogen (secondary N) is 1. The summed E-state index contributed by atoms with van der Waals surface area (Å²) >= 11 is 9.53. The highest BCUT2D eigenvalue weighted by Gasteiger charge is 2.31. The van der Waals surface area contributed by atoms with E-state index in [1.54, 1.807) is 6.92 Å². The van der Waals surface area contributed by atoms with E-state index in [1.165, 1.54) is 0 Å². The minimum Gasteiger partial charge on any atom is -0.460 e. The molecule has 1 N–H and O–H groups in total. The fourth-order valence-electron chi connectivity index (χ4n) is 7.64. The zero-order chi connectivity index (χ0) is 45.7. The Morgan fingerprint density at radius 3 is 1.25 bits per heavy atom. The van der Waals surface area contributed by atoms with Gasteiger partial charge in [0.15, 0.2) is 0 Å². The van der Waals surface area contributed by atoms with E-state index in [1.807, 2.05) is 60.3 Å². The van der Waals surface area contributed by atoms with E-state index in [0.29, 0.717) is 58.0 Å². The molecule has 348 valence electrons. The average Bonchev–Trinajstić information content (AvgIpc) is 3.15. The second kappa shape index (κ2) is 32.3. The number of nitrogens with zero attached hydrogens (tertiary/aromatic N) is 1. The van der Waals surface area contributed by atoms with Gasteiger partial charge in [-0.25, -0.2) is 0 Å². The monoisotopic (exact) mass is 889 g/mol. The molecule has 2 saturated heterocycles. The fraction of sp³-hybridized carbons (Fsp3) is 0.851. The number of esters is 2. The molecular formula is C47H82Cl2N2O9. The summed E-state index contributed by atoms with van der Waals surface area (Å²) in [6, 6.07) is 0. The maximum absolute atomic E-state index is 13.3. The van der Waals surface area contributed by atoms with E-state index < -0.39 is 11.2 Å². The van der Waals surface area contributed by atoms with Gasteiger partial charge in [0.2, 0.25) is 5.91 Å². The minimum atomic E-state index is -0.542. The molecule has 60 heavy (non-hydrogen) atoms. The summed E-state index contributed by atoms with van der Waals surface area (Å²) in [4.78, 5) is 88.6. The van der Waals surface area contributed by atoms with E-state index >= 15 is 0 Å². The summed E-state index contributed by atoms with van der Waals surface area (Å²) < 4.78 is 10.8. The van der Waals surface area contributed by atoms with Crippen molar-refractivity contribution in [2.45, 2.75) is 202 Å². The van der Waals surface area contributed by atoms with Gasteiger partial charge in [-0.05, 0) is 119 Å². The molecule has 4 unspecified atom stereocenters. The molecule has 2 aliphatic rings. The molecule has 11 nitrogen and oxygen atoms in total. The Balaban J connectivity index is 0.00000109. The number of hydrogen-bond donors (Lipinski definition) is 1. The first-order valence-electron chi connectivity index (χ1n) is 22.8. The number of alkyl halides is 2. The molecule has 0 aromatic rings. The van der Waals surface area contributed by atoms with Gasteiger partial charge in [-0.15, -0.1) is 23.2 Å². The molecule has 0 radical (unpaired) electrons. The van der Waals surface area contributed by atoms with E-state index in [9.17, 15) is 33.6 Å². The molecule has 0 aromatic carbocycles. The molecule has 4 atom stereocenters. The third-order valence-electron chi connectivity index (χ3n) is 10.8. The van der Waals surface area contributed by atoms with E-state index in [2.05, 4.69) is 5.32 Å². The van der Waals surface area contributed by atoms with Crippen molar-refractivity contribution < 1.29 is 43.0 Å². The molecular weight excluding hydrogens is 807 g/mol. The maximum atomic E-state index is 13.3. The van der Waals surface area contributed by atoms with E-state index in [4.69, 9.17) is 32.7 Å². The number of amides is 1. The number of ketones is 4. The van der Waals surface area contributed by atoms with Gasteiger partial charge in [0, 0.05) is 82.2 Å². The molecule has 2 heterocycles. The predicted molar refractivity (Wildman–Crippen MR) is 241 cm³/mol. The first-order valence-corrected chi connectivity index (χ1v) is 23.9. The smallest absolute Gasteiger partial charge is 0.306 e. The highest BCUT2D eigenvalue weighted by atomic mass is 35.5. The van der Waals surface area contributed by atoms with Crippen LogP contribution in [-0.2, 0) is 43.0 Å². The van der Waals surface area contributed by atoms with Crippen LogP contribution >= 0.6 is 23.2 Å². The normalized spacial score (nSPS) is 21.8. The zero-order valence-corrected chi connectivity index (χ0v) is 40.4. The minimum absolute atomic E-state index is 0.0855. The molecule has 13 heteroatoms. The number of Topliss-reactive ketones (excluding diaryl/α,β-unsaturated/α-hetero) is 4. The number of hydrogen-bond acceptors (Lipinski definition) is 10. The predicted octanol–water partition coefficient (Wildman–Crippen LogP) is 10.1. The van der Waals surface area contributed by atoms with Crippen molar-refractivity contribution in [3.8, 4) is 0 Å². The lowest BCUT2D eigenvalue weighted by Gasteiger charge is -2.26. The van der Waals surface area contributed by atoms with Gasteiger partial charge < -0.3 is 19.7 Å². The Morgan fingerprint density at radius 1 is 0.600 bits per heavy atom. The van der Waals surface area contributed by atoms with Gasteiger partial charge in [-0.2, -0.15) is 0 Å². The number of ether oxygens (including phenoxy) is 2. The maximum Gasteiger partial charge on any atom is 0.306 e. The lowest BCUT2D eigenvalue weighted by Crippen LogP contribution is -2.32. The van der Waals surface area contributed by atoms with Crippen molar-refractivity contribution in [3.05, 3.63) is 0 Å². The van der Waals surface area contributed by atoms with Crippen LogP contribution in [0.3, 0.4) is 0 Å². The highest BCUT2D eigenvalue weighted by Crippen LogP contribution is 2.29. The molecule has 1 amide bonds. The molecule has 0 bridgehead atoms. The van der Waals surface area contributed by atoms with Crippen molar-refractivity contribution in [1.29, 1.82) is 0 Å². The average molecular weight is 890 g/mol. The van der Waals surface area contributed by atoms with Crippen LogP contribution in [-0.4, -0.2) is 88.6 Å². The summed E-state index contributed by atoms with van der Waals surface area (Å²) in [7, 11) is 0. The number of carbonyl (C=O) groups is 7. The first kappa shape index (κ1) is 57.6. The van der Waals surface area contributed by atoms with Crippen molar-refractivity contribution in [3.63, 3.8) is 0 Å². The van der Waals surface area contributed by atoms with Gasteiger partial charge in [-0.3, -0.25) is 33.6 Å². The van der Waals surface area contributed by atoms with Gasteiger partial charge in [-0.1, -0.05) is 39.5 Å². The second-order valence-corrected chi connectivity index (χ2v) is 19.2. The summed E-state index contributed by atoms with van der Waals surface area (Å²) in [5.74, 6) is -0.730. The van der Waals surface area contributed by atoms with Crippen molar-refractivity contribution >= 4 is 64.2 Å². The van der Waals surface area contributed by atoms with Crippen LogP contribution in [0.15, 0.2) is 0 Å². The van der Waals surface area contributed by atoms with Crippen molar-refractivity contribution in [2.24, 2.45) is 23.7 Å². The molecule has 2 rings (SSSR count). The summed E-state index contributed by atoms with van der Waals surface area (Å²) in [5, 5.41) is 3.64. The van der Waals surface area contributed by atoms with Gasteiger partial charge in [0.05, 0.1) is 5.34 Å². The topological polar surface area (TPSA) is 153 Å². The third-order valence-corrected chi connectivity index (χ3v) is 10.8. The molecule has 2 aliphatic heterocycles. The Morgan fingerprint density at radius 2 is 0.933 bits per heavy atom. The highest BCUT2D eigenvalue weighted by molar-refractivity contribution is 6.40. The number of rotatable bonds is 12. The van der Waals surface area contributed by atoms with Crippen LogP contribution in [0, 0.1) is 23.7 Å². The van der Waals surface area contributed by atoms with E-state index in [0.717, 1.165) is 77.3 Å². The summed E-state index contributed by atoms with van der Waals surface area (Å²) in [5.41, 5.74) is -1.05. The summed E-state index contributed by atoms with van der Waals surface area (Å²) in [6.07, 6.45) is 13.2. The van der Waals surface area contributed by atoms with Crippen molar-refractivity contribution in [1.82, 2.24) is 10.2 Å². The largest absolute Gasteiger partial charge is 0.460 e. The lowest BCUT2D eigenvalue weighted by atomic mass is 9.81.